The molecule has 1 amide bonds. The van der Waals surface area contributed by atoms with E-state index >= 15 is 0 Å². The van der Waals surface area contributed by atoms with E-state index in [-0.39, 0.29) is 18.1 Å². The Bertz CT molecular complexity index is 1300. The molecular formula is C24H19NO7. The Kier molecular flexibility index (Phi) is 6.03. The van der Waals surface area contributed by atoms with E-state index in [1.807, 2.05) is 0 Å². The number of carbonyl (C=O) groups is 2. The molecule has 0 aliphatic heterocycles. The topological polar surface area (TPSA) is 108 Å². The van der Waals surface area contributed by atoms with Crippen LogP contribution >= 0.6 is 0 Å². The fourth-order valence-electron chi connectivity index (χ4n) is 3.06. The number of carbonyl (C=O) groups excluding carboxylic acids is 2. The van der Waals surface area contributed by atoms with Crippen molar-refractivity contribution in [3.05, 3.63) is 82.7 Å². The van der Waals surface area contributed by atoms with Crippen molar-refractivity contribution in [3.63, 3.8) is 0 Å². The van der Waals surface area contributed by atoms with Gasteiger partial charge < -0.3 is 23.6 Å². The van der Waals surface area contributed by atoms with Gasteiger partial charge in [0.2, 0.25) is 16.9 Å². The third kappa shape index (κ3) is 4.39. The van der Waals surface area contributed by atoms with Crippen molar-refractivity contribution in [2.24, 2.45) is 0 Å². The molecule has 8 heteroatoms. The maximum Gasteiger partial charge on any atom is 0.338 e. The zero-order valence-corrected chi connectivity index (χ0v) is 17.1. The number of nitrogens with one attached hydrogen (secondary N) is 1. The van der Waals surface area contributed by atoms with Gasteiger partial charge in [-0.15, -0.1) is 0 Å². The summed E-state index contributed by atoms with van der Waals surface area (Å²) in [4.78, 5) is 37.1. The van der Waals surface area contributed by atoms with Crippen molar-refractivity contribution in [1.29, 1.82) is 0 Å². The molecule has 0 unspecified atom stereocenters. The molecule has 0 saturated heterocycles. The van der Waals surface area contributed by atoms with E-state index in [1.54, 1.807) is 67.6 Å². The van der Waals surface area contributed by atoms with Gasteiger partial charge in [-0.25, -0.2) is 4.79 Å². The van der Waals surface area contributed by atoms with E-state index in [2.05, 4.69) is 5.32 Å². The van der Waals surface area contributed by atoms with Gasteiger partial charge in [0.25, 0.3) is 5.91 Å². The van der Waals surface area contributed by atoms with Crippen molar-refractivity contribution in [1.82, 2.24) is 0 Å². The maximum absolute atomic E-state index is 13.0. The lowest BCUT2D eigenvalue weighted by atomic mass is 10.2. The summed E-state index contributed by atoms with van der Waals surface area (Å²) in [6.45, 7) is 1.56. The molecule has 2 heterocycles. The molecule has 0 aliphatic carbocycles. The van der Waals surface area contributed by atoms with Gasteiger partial charge >= 0.3 is 5.97 Å². The fraction of sp³-hybridized carbons (Fsp3) is 0.125. The van der Waals surface area contributed by atoms with Gasteiger partial charge in [0.1, 0.15) is 5.58 Å². The lowest BCUT2D eigenvalue weighted by Gasteiger charge is -2.11. The quantitative estimate of drug-likeness (QED) is 0.434. The lowest BCUT2D eigenvalue weighted by molar-refractivity contribution is -0.118. The standard InChI is InChI=1S/C24H19NO7/c1-2-29-24(28)15-9-11-16(12-10-15)25-20(26)14-31-23-21(27)17-6-3-4-7-18(17)32-22(23)19-8-5-13-30-19/h3-13H,2,14H2,1H3,(H,25,26). The summed E-state index contributed by atoms with van der Waals surface area (Å²) in [7, 11) is 0. The second-order valence-electron chi connectivity index (χ2n) is 6.70. The lowest BCUT2D eigenvalue weighted by Crippen LogP contribution is -2.22. The Morgan fingerprint density at radius 3 is 2.50 bits per heavy atom. The zero-order valence-electron chi connectivity index (χ0n) is 17.1. The highest BCUT2D eigenvalue weighted by molar-refractivity contribution is 5.94. The molecule has 32 heavy (non-hydrogen) atoms. The number of esters is 1. The number of fused-ring (bicyclic) bond motifs is 1. The predicted octanol–water partition coefficient (Wildman–Crippen LogP) is 4.25. The van der Waals surface area contributed by atoms with Crippen LogP contribution in [-0.4, -0.2) is 25.1 Å². The summed E-state index contributed by atoms with van der Waals surface area (Å²) in [5.41, 5.74) is 0.800. The van der Waals surface area contributed by atoms with Gasteiger partial charge in [-0.3, -0.25) is 9.59 Å². The third-order valence-corrected chi connectivity index (χ3v) is 4.53. The highest BCUT2D eigenvalue weighted by Crippen LogP contribution is 2.31. The van der Waals surface area contributed by atoms with Crippen LogP contribution < -0.4 is 15.5 Å². The SMILES string of the molecule is CCOC(=O)c1ccc(NC(=O)COc2c(-c3ccco3)oc3ccccc3c2=O)cc1. The van der Waals surface area contributed by atoms with Crippen molar-refractivity contribution < 1.29 is 27.9 Å². The largest absolute Gasteiger partial charge is 0.476 e. The molecule has 1 N–H and O–H groups in total. The van der Waals surface area contributed by atoms with Crippen LogP contribution in [0.15, 0.2) is 80.6 Å². The molecule has 2 aromatic carbocycles. The summed E-state index contributed by atoms with van der Waals surface area (Å²) in [6.07, 6.45) is 1.45. The zero-order chi connectivity index (χ0) is 22.5. The Morgan fingerprint density at radius 1 is 1.00 bits per heavy atom. The summed E-state index contributed by atoms with van der Waals surface area (Å²) < 4.78 is 21.7. The Morgan fingerprint density at radius 2 is 1.78 bits per heavy atom. The number of ether oxygens (including phenoxy) is 2. The van der Waals surface area contributed by atoms with Crippen molar-refractivity contribution in [2.75, 3.05) is 18.5 Å². The minimum absolute atomic E-state index is 0.102. The molecule has 0 spiro atoms. The second-order valence-corrected chi connectivity index (χ2v) is 6.70. The van der Waals surface area contributed by atoms with Gasteiger partial charge in [-0.05, 0) is 55.5 Å². The molecule has 0 bridgehead atoms. The van der Waals surface area contributed by atoms with Crippen LogP contribution in [0, 0.1) is 0 Å². The molecule has 0 fully saturated rings. The van der Waals surface area contributed by atoms with Gasteiger partial charge in [0, 0.05) is 5.69 Å². The number of rotatable bonds is 7. The first-order valence-electron chi connectivity index (χ1n) is 9.86. The first-order valence-corrected chi connectivity index (χ1v) is 9.86. The van der Waals surface area contributed by atoms with Crippen LogP contribution in [0.4, 0.5) is 5.69 Å². The number of amides is 1. The maximum atomic E-state index is 13.0. The second kappa shape index (κ2) is 9.22. The van der Waals surface area contributed by atoms with Crippen molar-refractivity contribution >= 4 is 28.5 Å². The number of furan rings is 1. The van der Waals surface area contributed by atoms with Crippen LogP contribution in [0.1, 0.15) is 17.3 Å². The highest BCUT2D eigenvalue weighted by Gasteiger charge is 2.20. The van der Waals surface area contributed by atoms with Crippen molar-refractivity contribution in [2.45, 2.75) is 6.92 Å². The van der Waals surface area contributed by atoms with Gasteiger partial charge in [0.05, 0.1) is 23.8 Å². The van der Waals surface area contributed by atoms with Crippen LogP contribution in [-0.2, 0) is 9.53 Å². The summed E-state index contributed by atoms with van der Waals surface area (Å²) in [5, 5.41) is 2.98. The number of benzene rings is 2. The van der Waals surface area contributed by atoms with E-state index in [4.69, 9.17) is 18.3 Å². The van der Waals surface area contributed by atoms with Gasteiger partial charge in [-0.1, -0.05) is 12.1 Å². The van der Waals surface area contributed by atoms with Crippen LogP contribution in [0.25, 0.3) is 22.5 Å². The number of hydrogen-bond donors (Lipinski definition) is 1. The summed E-state index contributed by atoms with van der Waals surface area (Å²) >= 11 is 0. The van der Waals surface area contributed by atoms with Crippen LogP contribution in [0.3, 0.4) is 0 Å². The van der Waals surface area contributed by atoms with Crippen LogP contribution in [0.2, 0.25) is 0 Å². The number of hydrogen-bond acceptors (Lipinski definition) is 7. The molecule has 4 rings (SSSR count). The Balaban J connectivity index is 1.52. The molecule has 4 aromatic rings. The van der Waals surface area contributed by atoms with Crippen LogP contribution in [0.5, 0.6) is 5.75 Å². The summed E-state index contributed by atoms with van der Waals surface area (Å²) in [5.74, 6) is -0.649. The molecular weight excluding hydrogens is 414 g/mol. The van der Waals surface area contributed by atoms with Gasteiger partial charge in [-0.2, -0.15) is 0 Å². The van der Waals surface area contributed by atoms with E-state index in [0.717, 1.165) is 0 Å². The Labute approximate surface area is 182 Å². The third-order valence-electron chi connectivity index (χ3n) is 4.53. The smallest absolute Gasteiger partial charge is 0.338 e. The molecule has 8 nitrogen and oxygen atoms in total. The fourth-order valence-corrected chi connectivity index (χ4v) is 3.06. The normalized spacial score (nSPS) is 10.7. The average Bonchev–Trinajstić information content (AvgIpc) is 3.34. The first kappa shape index (κ1) is 20.9. The van der Waals surface area contributed by atoms with Gasteiger partial charge in [0.15, 0.2) is 12.4 Å². The Hall–Kier alpha value is -4.33. The van der Waals surface area contributed by atoms with E-state index in [0.29, 0.717) is 28.0 Å². The average molecular weight is 433 g/mol. The minimum atomic E-state index is -0.494. The predicted molar refractivity (Wildman–Crippen MR) is 117 cm³/mol. The number of para-hydroxylation sites is 1. The monoisotopic (exact) mass is 433 g/mol. The molecule has 0 aliphatic rings. The molecule has 0 saturated carbocycles. The first-order chi connectivity index (χ1) is 15.6. The molecule has 0 atom stereocenters. The van der Waals surface area contributed by atoms with Crippen molar-refractivity contribution in [3.8, 4) is 17.3 Å². The molecule has 0 radical (unpaired) electrons. The van der Waals surface area contributed by atoms with E-state index < -0.39 is 23.9 Å². The minimum Gasteiger partial charge on any atom is -0.476 e. The van der Waals surface area contributed by atoms with E-state index in [1.165, 1.54) is 6.26 Å². The summed E-state index contributed by atoms with van der Waals surface area (Å²) in [6, 6.07) is 16.3. The molecule has 2 aromatic heterocycles. The van der Waals surface area contributed by atoms with E-state index in [9.17, 15) is 14.4 Å². The number of anilines is 1. The highest BCUT2D eigenvalue weighted by atomic mass is 16.5. The molecule has 162 valence electrons.